The molecule has 0 radical (unpaired) electrons. The van der Waals surface area contributed by atoms with Gasteiger partial charge in [-0.25, -0.2) is 0 Å². The molecule has 2 atom stereocenters. The van der Waals surface area contributed by atoms with Gasteiger partial charge in [0.05, 0.1) is 12.2 Å². The van der Waals surface area contributed by atoms with Crippen molar-refractivity contribution in [3.63, 3.8) is 0 Å². The fourth-order valence-electron chi connectivity index (χ4n) is 3.09. The third-order valence-electron chi connectivity index (χ3n) is 4.60. The molecule has 1 heterocycles. The maximum atomic E-state index is 10.3. The van der Waals surface area contributed by atoms with Crippen molar-refractivity contribution < 1.29 is 14.6 Å². The lowest BCUT2D eigenvalue weighted by Gasteiger charge is -2.15. The molecule has 2 aromatic carbocycles. The zero-order chi connectivity index (χ0) is 17.5. The first-order chi connectivity index (χ1) is 12.2. The molecule has 4 nitrogen and oxygen atoms in total. The van der Waals surface area contributed by atoms with E-state index >= 15 is 0 Å². The zero-order valence-corrected chi connectivity index (χ0v) is 14.8. The minimum Gasteiger partial charge on any atom is -0.491 e. The summed E-state index contributed by atoms with van der Waals surface area (Å²) in [6, 6.07) is 16.0. The van der Waals surface area contributed by atoms with E-state index in [2.05, 4.69) is 17.4 Å². The molecular formula is C21H27NO3. The summed E-state index contributed by atoms with van der Waals surface area (Å²) in [5.74, 6) is 0.874. The Morgan fingerprint density at radius 1 is 1.20 bits per heavy atom. The summed E-state index contributed by atoms with van der Waals surface area (Å²) in [5, 5.41) is 13.6. The lowest BCUT2D eigenvalue weighted by Crippen LogP contribution is -2.21. The smallest absolute Gasteiger partial charge is 0.119 e. The van der Waals surface area contributed by atoms with Crippen LogP contribution in [-0.4, -0.2) is 31.0 Å². The molecule has 0 spiro atoms. The second-order valence-corrected chi connectivity index (χ2v) is 6.59. The topological polar surface area (TPSA) is 50.7 Å². The number of aryl methyl sites for hydroxylation is 1. The molecule has 2 aromatic rings. The second kappa shape index (κ2) is 8.99. The van der Waals surface area contributed by atoms with Gasteiger partial charge in [-0.15, -0.1) is 0 Å². The van der Waals surface area contributed by atoms with E-state index in [1.165, 1.54) is 5.56 Å². The number of rotatable bonds is 8. The molecule has 0 aliphatic carbocycles. The monoisotopic (exact) mass is 341 g/mol. The van der Waals surface area contributed by atoms with Crippen LogP contribution in [0.25, 0.3) is 0 Å². The fraction of sp³-hybridized carbons (Fsp3) is 0.429. The Bertz CT molecular complexity index is 650. The molecule has 2 unspecified atom stereocenters. The molecule has 0 bridgehead atoms. The van der Waals surface area contributed by atoms with Crippen LogP contribution in [-0.2, 0) is 11.3 Å². The SMILES string of the molecule is Cc1ccccc1C(O)CNCc1ccc(OCC2CCCO2)cc1. The van der Waals surface area contributed by atoms with Crippen LogP contribution in [0.4, 0.5) is 0 Å². The molecule has 0 aromatic heterocycles. The first-order valence-corrected chi connectivity index (χ1v) is 9.00. The summed E-state index contributed by atoms with van der Waals surface area (Å²) < 4.78 is 11.3. The molecule has 25 heavy (non-hydrogen) atoms. The molecule has 1 aliphatic heterocycles. The molecule has 2 N–H and O–H groups in total. The van der Waals surface area contributed by atoms with Crippen molar-refractivity contribution in [1.29, 1.82) is 0 Å². The molecule has 4 heteroatoms. The zero-order valence-electron chi connectivity index (χ0n) is 14.8. The molecule has 1 aliphatic rings. The number of aliphatic hydroxyl groups excluding tert-OH is 1. The lowest BCUT2D eigenvalue weighted by atomic mass is 10.0. The van der Waals surface area contributed by atoms with Gasteiger partial charge in [-0.2, -0.15) is 0 Å². The summed E-state index contributed by atoms with van der Waals surface area (Å²) in [7, 11) is 0. The minimum absolute atomic E-state index is 0.240. The van der Waals surface area contributed by atoms with Crippen LogP contribution >= 0.6 is 0 Å². The van der Waals surface area contributed by atoms with E-state index < -0.39 is 6.10 Å². The summed E-state index contributed by atoms with van der Waals surface area (Å²) in [6.07, 6.45) is 1.97. The second-order valence-electron chi connectivity index (χ2n) is 6.59. The Labute approximate surface area is 149 Å². The van der Waals surface area contributed by atoms with Crippen molar-refractivity contribution in [3.8, 4) is 5.75 Å². The largest absolute Gasteiger partial charge is 0.491 e. The van der Waals surface area contributed by atoms with Gasteiger partial charge < -0.3 is 19.9 Å². The Balaban J connectivity index is 1.41. The van der Waals surface area contributed by atoms with Crippen molar-refractivity contribution in [1.82, 2.24) is 5.32 Å². The molecule has 134 valence electrons. The predicted molar refractivity (Wildman–Crippen MR) is 98.8 cm³/mol. The van der Waals surface area contributed by atoms with Crippen LogP contribution < -0.4 is 10.1 Å². The van der Waals surface area contributed by atoms with Crippen LogP contribution in [0.1, 0.15) is 35.6 Å². The van der Waals surface area contributed by atoms with E-state index in [9.17, 15) is 5.11 Å². The minimum atomic E-state index is -0.491. The summed E-state index contributed by atoms with van der Waals surface area (Å²) in [4.78, 5) is 0. The van der Waals surface area contributed by atoms with Gasteiger partial charge in [-0.1, -0.05) is 36.4 Å². The predicted octanol–water partition coefficient (Wildman–Crippen LogP) is 3.38. The third-order valence-corrected chi connectivity index (χ3v) is 4.60. The van der Waals surface area contributed by atoms with Crippen molar-refractivity contribution in [2.24, 2.45) is 0 Å². The summed E-state index contributed by atoms with van der Waals surface area (Å²) in [5.41, 5.74) is 3.26. The van der Waals surface area contributed by atoms with Crippen molar-refractivity contribution in [2.45, 2.75) is 38.5 Å². The van der Waals surface area contributed by atoms with Crippen LogP contribution in [0.3, 0.4) is 0 Å². The van der Waals surface area contributed by atoms with Crippen LogP contribution in [0.2, 0.25) is 0 Å². The average Bonchev–Trinajstić information content (AvgIpc) is 3.15. The maximum Gasteiger partial charge on any atom is 0.119 e. The number of nitrogens with one attached hydrogen (secondary N) is 1. The van der Waals surface area contributed by atoms with E-state index in [4.69, 9.17) is 9.47 Å². The Hall–Kier alpha value is -1.88. The number of hydrogen-bond donors (Lipinski definition) is 2. The molecule has 0 saturated carbocycles. The molecular weight excluding hydrogens is 314 g/mol. The number of benzene rings is 2. The van der Waals surface area contributed by atoms with Crippen LogP contribution in [0.15, 0.2) is 48.5 Å². The maximum absolute atomic E-state index is 10.3. The van der Waals surface area contributed by atoms with Gasteiger partial charge in [0.15, 0.2) is 0 Å². The van der Waals surface area contributed by atoms with Gasteiger partial charge >= 0.3 is 0 Å². The normalized spacial score (nSPS) is 18.2. The van der Waals surface area contributed by atoms with Gasteiger partial charge in [-0.3, -0.25) is 0 Å². The Morgan fingerprint density at radius 2 is 2.00 bits per heavy atom. The summed E-state index contributed by atoms with van der Waals surface area (Å²) >= 11 is 0. The van der Waals surface area contributed by atoms with Crippen molar-refractivity contribution in [3.05, 3.63) is 65.2 Å². The van der Waals surface area contributed by atoms with Gasteiger partial charge in [0, 0.05) is 19.7 Å². The highest BCUT2D eigenvalue weighted by atomic mass is 16.5. The van der Waals surface area contributed by atoms with Gasteiger partial charge in [0.2, 0.25) is 0 Å². The molecule has 1 saturated heterocycles. The van der Waals surface area contributed by atoms with Crippen LogP contribution in [0, 0.1) is 6.92 Å². The lowest BCUT2D eigenvalue weighted by molar-refractivity contribution is 0.0679. The van der Waals surface area contributed by atoms with Gasteiger partial charge in [0.25, 0.3) is 0 Å². The molecule has 0 amide bonds. The van der Waals surface area contributed by atoms with E-state index in [-0.39, 0.29) is 6.10 Å². The highest BCUT2D eigenvalue weighted by molar-refractivity contribution is 5.28. The average molecular weight is 341 g/mol. The number of aliphatic hydroxyl groups is 1. The number of ether oxygens (including phenoxy) is 2. The van der Waals surface area contributed by atoms with Gasteiger partial charge in [-0.05, 0) is 48.6 Å². The van der Waals surface area contributed by atoms with Crippen molar-refractivity contribution in [2.75, 3.05) is 19.8 Å². The van der Waals surface area contributed by atoms with Gasteiger partial charge in [0.1, 0.15) is 12.4 Å². The Kier molecular flexibility index (Phi) is 6.45. The highest BCUT2D eigenvalue weighted by Gasteiger charge is 2.15. The third kappa shape index (κ3) is 5.30. The Morgan fingerprint density at radius 3 is 2.72 bits per heavy atom. The standard InChI is InChI=1S/C21H27NO3/c1-16-5-2-3-7-20(16)21(23)14-22-13-17-8-10-18(11-9-17)25-15-19-6-4-12-24-19/h2-3,5,7-11,19,21-23H,4,6,12-15H2,1H3. The first-order valence-electron chi connectivity index (χ1n) is 9.00. The molecule has 1 fully saturated rings. The van der Waals surface area contributed by atoms with Crippen LogP contribution in [0.5, 0.6) is 5.75 Å². The summed E-state index contributed by atoms with van der Waals surface area (Å²) in [6.45, 7) is 4.75. The quantitative estimate of drug-likeness (QED) is 0.773. The van der Waals surface area contributed by atoms with E-state index in [0.29, 0.717) is 13.2 Å². The molecule has 3 rings (SSSR count). The van der Waals surface area contributed by atoms with E-state index in [0.717, 1.165) is 42.9 Å². The van der Waals surface area contributed by atoms with E-state index in [1.54, 1.807) is 0 Å². The van der Waals surface area contributed by atoms with E-state index in [1.807, 2.05) is 43.3 Å². The van der Waals surface area contributed by atoms with Crippen molar-refractivity contribution >= 4 is 0 Å². The first kappa shape index (κ1) is 17.9. The highest BCUT2D eigenvalue weighted by Crippen LogP contribution is 2.18. The fourth-order valence-corrected chi connectivity index (χ4v) is 3.09. The number of hydrogen-bond acceptors (Lipinski definition) is 4.